The van der Waals surface area contributed by atoms with Crippen molar-refractivity contribution in [3.8, 4) is 11.5 Å². The fourth-order valence-corrected chi connectivity index (χ4v) is 14.4. The number of hydrogen-bond donors (Lipinski definition) is 4. The monoisotopic (exact) mass is 1470 g/mol. The third kappa shape index (κ3) is 19.1. The number of amides is 4. The lowest BCUT2D eigenvalue weighted by Crippen LogP contribution is -2.53. The van der Waals surface area contributed by atoms with Gasteiger partial charge in [0.25, 0.3) is 0 Å². The Morgan fingerprint density at radius 1 is 0.663 bits per heavy atom. The van der Waals surface area contributed by atoms with Gasteiger partial charge >= 0.3 is 23.9 Å². The largest absolute Gasteiger partial charge is 0.495 e. The summed E-state index contributed by atoms with van der Waals surface area (Å²) >= 11 is 17.6. The summed E-state index contributed by atoms with van der Waals surface area (Å²) in [6, 6.07) is 5.27. The molecule has 0 unspecified atom stereocenters. The van der Waals surface area contributed by atoms with Gasteiger partial charge in [-0.1, -0.05) is 84.7 Å². The average Bonchev–Trinajstić information content (AvgIpc) is 1.58. The van der Waals surface area contributed by atoms with Crippen LogP contribution in [-0.4, -0.2) is 227 Å². The second-order valence-corrected chi connectivity index (χ2v) is 29.0. The number of carbonyl (C=O) groups excluding carboxylic acids is 8. The topological polar surface area (TPSA) is 301 Å². The van der Waals surface area contributed by atoms with E-state index in [2.05, 4.69) is 17.9 Å². The van der Waals surface area contributed by atoms with Crippen LogP contribution in [0.5, 0.6) is 11.5 Å². The molecule has 3 N–H and O–H groups in total. The van der Waals surface area contributed by atoms with Gasteiger partial charge in [-0.2, -0.15) is 12.6 Å². The lowest BCUT2D eigenvalue weighted by atomic mass is 9.78. The van der Waals surface area contributed by atoms with Crippen molar-refractivity contribution in [1.29, 1.82) is 0 Å². The number of aliphatic hydroxyl groups is 2. The van der Waals surface area contributed by atoms with E-state index in [9.17, 15) is 48.6 Å². The molecule has 558 valence electrons. The van der Waals surface area contributed by atoms with Crippen molar-refractivity contribution in [2.75, 3.05) is 85.8 Å². The zero-order valence-electron chi connectivity index (χ0n) is 60.9. The van der Waals surface area contributed by atoms with E-state index in [1.807, 2.05) is 39.8 Å². The number of halogens is 2. The number of fused-ring (bicyclic) bond motifs is 10. The zero-order valence-corrected chi connectivity index (χ0v) is 63.3. The quantitative estimate of drug-likeness (QED) is 0.0582. The highest BCUT2D eigenvalue weighted by Crippen LogP contribution is 2.52. The lowest BCUT2D eigenvalue weighted by Gasteiger charge is -2.41. The lowest BCUT2D eigenvalue weighted by molar-refractivity contribution is -0.188. The third-order valence-electron chi connectivity index (χ3n) is 20.5. The first-order valence-corrected chi connectivity index (χ1v) is 35.2. The second kappa shape index (κ2) is 34.3. The van der Waals surface area contributed by atoms with E-state index in [1.165, 1.54) is 62.1 Å². The number of ether oxygens (including phenoxy) is 10. The molecular weight excluding hydrogens is 1370 g/mol. The van der Waals surface area contributed by atoms with Crippen LogP contribution in [0, 0.1) is 11.8 Å². The molecule has 2 aromatic carbocycles. The van der Waals surface area contributed by atoms with Gasteiger partial charge in [-0.25, -0.2) is 9.59 Å². The minimum Gasteiger partial charge on any atom is -0.495 e. The van der Waals surface area contributed by atoms with E-state index >= 15 is 0 Å². The summed E-state index contributed by atoms with van der Waals surface area (Å²) < 4.78 is 58.6. The van der Waals surface area contributed by atoms with E-state index in [0.29, 0.717) is 48.0 Å². The van der Waals surface area contributed by atoms with Crippen LogP contribution in [0.2, 0.25) is 10.0 Å². The van der Waals surface area contributed by atoms with E-state index in [1.54, 1.807) is 97.4 Å². The Balaban J connectivity index is 0.000000283. The summed E-state index contributed by atoms with van der Waals surface area (Å²) in [5.74, 6) is -3.88. The molecule has 0 aromatic heterocycles. The number of rotatable bonds is 15. The van der Waals surface area contributed by atoms with Crippen molar-refractivity contribution >= 4 is 94.7 Å². The molecule has 4 saturated heterocycles. The maximum absolute atomic E-state index is 14.1. The molecule has 0 saturated carbocycles. The highest BCUT2D eigenvalue weighted by atomic mass is 35.5. The Morgan fingerprint density at radius 3 is 1.39 bits per heavy atom. The Labute approximate surface area is 607 Å². The van der Waals surface area contributed by atoms with Crippen molar-refractivity contribution in [3.05, 3.63) is 93.0 Å². The van der Waals surface area contributed by atoms with Gasteiger partial charge in [-0.3, -0.25) is 28.8 Å². The van der Waals surface area contributed by atoms with Crippen LogP contribution in [-0.2, 0) is 89.1 Å². The molecule has 4 fully saturated rings. The van der Waals surface area contributed by atoms with Gasteiger partial charge in [-0.05, 0) is 103 Å². The SMILES string of the molecule is CNCCC(=O)N(C)[C@@H](C)C(=O)O[C@H]1CC(=O)N(C)c2cc(cc(OC)c2Cl)C/C(C)=C/C=C/[C@@H](OC)[C@]2(O)CC(=O)O[C@@H](C2)[C@@H](C)[C@@H]2O[C@@]12C.COc1cc2cc(c1Cl)N(C)C(=O)C[C@H](OC(=O)[C@H](C)N(C)C(=O)CCS)[C@]1(C)O[C@H]1[C@H](C)[C@@H]1C[C@@](O)(CC(=O)O1)[C@H](OC)/C=C/C=C(\C)C2. The molecular formula is C73H101Cl2N5O20S. The Kier molecular flexibility index (Phi) is 27.8. The van der Waals surface area contributed by atoms with Gasteiger partial charge in [0.1, 0.15) is 92.7 Å². The molecule has 8 bridgehead atoms. The van der Waals surface area contributed by atoms with E-state index in [0.717, 1.165) is 22.3 Å². The first-order valence-electron chi connectivity index (χ1n) is 33.8. The summed E-state index contributed by atoms with van der Waals surface area (Å²) in [7, 11) is 13.8. The van der Waals surface area contributed by atoms with Gasteiger partial charge in [0, 0.05) is 86.5 Å². The van der Waals surface area contributed by atoms with Crippen molar-refractivity contribution in [1.82, 2.24) is 15.1 Å². The van der Waals surface area contributed by atoms with Crippen LogP contribution in [0.25, 0.3) is 0 Å². The van der Waals surface area contributed by atoms with Gasteiger partial charge in [0.15, 0.2) is 0 Å². The number of nitrogens with one attached hydrogen (secondary N) is 1. The zero-order chi connectivity index (χ0) is 75.0. The first kappa shape index (κ1) is 81.7. The standard InChI is InChI=1S/C37H52ClN3O10.C36H49ClN2O10S/c1-21-11-10-12-28(48-9)37(46)19-27(49-32(44)20-37)22(2)34-36(4,51-34)29(50-35(45)23(3)40(6)30(42)13-14-39-5)18-31(43)41(7)25-16-24(15-21)17-26(47-8)33(25)38;1-20-10-9-11-27(46-8)36(44)18-26(47-31(42)19-36)21(2)33-35(4,49-33)28(48-34(43)22(3)38(5)29(40)12-13-50)17-30(41)39(6)24-15-23(14-20)16-25(45-7)32(24)37/h10-12,16-17,22-23,27-29,34,39,46H,13-15,18-20H2,1-9H3;9-11,15-16,21-22,26-28,33,44,50H,12-14,17-19H2,1-8H3/b12-10+,21-11+;11-9+,20-10+/t22-,23+,27+,28-,29+,34+,36+,37-;21-,22+,26+,27-,28+,33+,35+,36-/m11/s1. The van der Waals surface area contributed by atoms with Gasteiger partial charge in [-0.15, -0.1) is 0 Å². The molecule has 6 aliphatic heterocycles. The van der Waals surface area contributed by atoms with Crippen molar-refractivity contribution in [2.24, 2.45) is 11.8 Å². The number of allylic oxidation sites excluding steroid dienone is 6. The van der Waals surface area contributed by atoms with Crippen LogP contribution in [0.15, 0.2) is 71.9 Å². The van der Waals surface area contributed by atoms with Gasteiger partial charge < -0.3 is 82.5 Å². The van der Waals surface area contributed by atoms with Gasteiger partial charge in [0.05, 0.1) is 63.5 Å². The van der Waals surface area contributed by atoms with Crippen LogP contribution < -0.4 is 24.6 Å². The number of anilines is 2. The van der Waals surface area contributed by atoms with E-state index in [4.69, 9.17) is 70.6 Å². The fraction of sp³-hybridized carbons (Fsp3) is 0.616. The van der Waals surface area contributed by atoms with Crippen LogP contribution in [0.4, 0.5) is 11.4 Å². The average molecular weight is 1470 g/mol. The van der Waals surface area contributed by atoms with Crippen LogP contribution in [0.1, 0.15) is 118 Å². The summed E-state index contributed by atoms with van der Waals surface area (Å²) in [4.78, 5) is 112. The van der Waals surface area contributed by atoms with Crippen molar-refractivity contribution in [2.45, 2.75) is 203 Å². The van der Waals surface area contributed by atoms with Crippen molar-refractivity contribution in [3.63, 3.8) is 0 Å². The molecule has 16 atom stereocenters. The molecule has 8 rings (SSSR count). The maximum atomic E-state index is 14.1. The first-order chi connectivity index (χ1) is 47.5. The number of carbonyl (C=O) groups is 8. The third-order valence-corrected chi connectivity index (χ3v) is 21.5. The molecule has 4 amide bonds. The molecule has 28 heteroatoms. The summed E-state index contributed by atoms with van der Waals surface area (Å²) in [5, 5.41) is 27.0. The number of hydrogen-bond acceptors (Lipinski definition) is 22. The minimum atomic E-state index is -1.57. The Morgan fingerprint density at radius 2 is 1.04 bits per heavy atom. The Bertz CT molecular complexity index is 3540. The van der Waals surface area contributed by atoms with Crippen LogP contribution in [0.3, 0.4) is 0 Å². The number of likely N-dealkylation sites (N-methyl/N-ethyl adjacent to an activating group) is 2. The predicted molar refractivity (Wildman–Crippen MR) is 381 cm³/mol. The number of epoxide rings is 2. The number of thiol groups is 1. The molecule has 6 heterocycles. The highest BCUT2D eigenvalue weighted by molar-refractivity contribution is 7.80. The molecule has 0 radical (unpaired) electrons. The normalized spacial score (nSPS) is 32.3. The minimum absolute atomic E-state index is 0.0622. The maximum Gasteiger partial charge on any atom is 0.328 e. The molecule has 2 aromatic rings. The highest BCUT2D eigenvalue weighted by Gasteiger charge is 2.66. The number of esters is 4. The molecule has 25 nitrogen and oxygen atoms in total. The summed E-state index contributed by atoms with van der Waals surface area (Å²) in [6.45, 7) is 14.5. The van der Waals surface area contributed by atoms with E-state index < -0.39 is 131 Å². The number of methoxy groups -OCH3 is 4. The smallest absolute Gasteiger partial charge is 0.328 e. The summed E-state index contributed by atoms with van der Waals surface area (Å²) in [5.41, 5.74) is -1.18. The fourth-order valence-electron chi connectivity index (χ4n) is 13.6. The number of benzene rings is 2. The van der Waals surface area contributed by atoms with Crippen molar-refractivity contribution < 1.29 is 95.9 Å². The number of nitrogens with zero attached hydrogens (tertiary/aromatic N) is 4. The predicted octanol–water partition coefficient (Wildman–Crippen LogP) is 7.46. The molecule has 0 aliphatic carbocycles. The Hall–Kier alpha value is -6.59. The van der Waals surface area contributed by atoms with Gasteiger partial charge in [0.2, 0.25) is 23.6 Å². The second-order valence-electron chi connectivity index (χ2n) is 27.8. The van der Waals surface area contributed by atoms with Crippen LogP contribution >= 0.6 is 35.8 Å². The van der Waals surface area contributed by atoms with E-state index in [-0.39, 0.29) is 73.2 Å². The molecule has 0 spiro atoms. The molecule has 6 aliphatic rings. The molecule has 101 heavy (non-hydrogen) atoms. The summed E-state index contributed by atoms with van der Waals surface area (Å²) in [6.07, 6.45) is 4.35.